The van der Waals surface area contributed by atoms with E-state index in [-0.39, 0.29) is 24.5 Å². The van der Waals surface area contributed by atoms with Crippen LogP contribution in [0.4, 0.5) is 0 Å². The van der Waals surface area contributed by atoms with E-state index in [1.54, 1.807) is 37.3 Å². The van der Waals surface area contributed by atoms with Gasteiger partial charge in [0, 0.05) is 37.2 Å². The van der Waals surface area contributed by atoms with Crippen LogP contribution in [0, 0.1) is 0 Å². The summed E-state index contributed by atoms with van der Waals surface area (Å²) in [5.74, 6) is 1.16. The van der Waals surface area contributed by atoms with Gasteiger partial charge in [-0.25, -0.2) is 0 Å². The van der Waals surface area contributed by atoms with E-state index in [9.17, 15) is 9.59 Å². The van der Waals surface area contributed by atoms with Crippen LogP contribution in [0.15, 0.2) is 78.9 Å². The molecule has 2 amide bonds. The normalized spacial score (nSPS) is 13.9. The smallest absolute Gasteiger partial charge is 0.261 e. The van der Waals surface area contributed by atoms with Gasteiger partial charge in [0.15, 0.2) is 6.61 Å². The number of carbonyl (C=O) groups is 2. The minimum absolute atomic E-state index is 0.131. The van der Waals surface area contributed by atoms with E-state index in [4.69, 9.17) is 14.2 Å². The zero-order chi connectivity index (χ0) is 26.7. The second-order valence-electron chi connectivity index (χ2n) is 9.54. The molecule has 200 valence electrons. The van der Waals surface area contributed by atoms with Crippen molar-refractivity contribution < 1.29 is 23.8 Å². The molecule has 1 saturated carbocycles. The predicted molar refractivity (Wildman–Crippen MR) is 146 cm³/mol. The molecule has 7 heteroatoms. The molecule has 0 spiro atoms. The van der Waals surface area contributed by atoms with Crippen molar-refractivity contribution in [1.29, 1.82) is 0 Å². The maximum atomic E-state index is 13.8. The number of hydrogen-bond donors (Lipinski definition) is 1. The van der Waals surface area contributed by atoms with Gasteiger partial charge in [0.05, 0.1) is 14.2 Å². The first-order chi connectivity index (χ1) is 18.6. The second kappa shape index (κ2) is 13.5. The first kappa shape index (κ1) is 27.0. The molecule has 0 saturated heterocycles. The van der Waals surface area contributed by atoms with Crippen molar-refractivity contribution in [2.24, 2.45) is 0 Å². The molecule has 3 aromatic rings. The first-order valence-electron chi connectivity index (χ1n) is 13.1. The number of amides is 2. The Labute approximate surface area is 224 Å². The zero-order valence-electron chi connectivity index (χ0n) is 22.1. The Hall–Kier alpha value is -4.00. The summed E-state index contributed by atoms with van der Waals surface area (Å²) in [5, 5.41) is 3.22. The summed E-state index contributed by atoms with van der Waals surface area (Å²) in [4.78, 5) is 29.1. The fourth-order valence-corrected chi connectivity index (χ4v) is 4.79. The quantitative estimate of drug-likeness (QED) is 0.375. The molecule has 1 aliphatic carbocycles. The van der Waals surface area contributed by atoms with Crippen LogP contribution in [0.25, 0.3) is 0 Å². The van der Waals surface area contributed by atoms with Crippen molar-refractivity contribution in [3.05, 3.63) is 90.0 Å². The topological polar surface area (TPSA) is 77.1 Å². The molecule has 3 aromatic carbocycles. The average Bonchev–Trinajstić information content (AvgIpc) is 3.47. The highest BCUT2D eigenvalue weighted by molar-refractivity contribution is 5.88. The SMILES string of the molecule is COc1cc(OC)cc(OCC(=O)N(Cc2ccccc2)C(Cc2ccccc2)C(=O)NC2CCCC2)c1. The summed E-state index contributed by atoms with van der Waals surface area (Å²) in [7, 11) is 3.12. The zero-order valence-corrected chi connectivity index (χ0v) is 22.1. The van der Waals surface area contributed by atoms with Gasteiger partial charge in [0.2, 0.25) is 5.91 Å². The molecule has 38 heavy (non-hydrogen) atoms. The molecule has 0 radical (unpaired) electrons. The number of nitrogens with one attached hydrogen (secondary N) is 1. The molecule has 1 fully saturated rings. The van der Waals surface area contributed by atoms with Crippen LogP contribution in [0.1, 0.15) is 36.8 Å². The van der Waals surface area contributed by atoms with Gasteiger partial charge in [-0.1, -0.05) is 73.5 Å². The lowest BCUT2D eigenvalue weighted by molar-refractivity contribution is -0.143. The third-order valence-corrected chi connectivity index (χ3v) is 6.86. The highest BCUT2D eigenvalue weighted by atomic mass is 16.5. The fraction of sp³-hybridized carbons (Fsp3) is 0.355. The van der Waals surface area contributed by atoms with Crippen LogP contribution in [-0.2, 0) is 22.6 Å². The van der Waals surface area contributed by atoms with Crippen LogP contribution in [0.2, 0.25) is 0 Å². The first-order valence-corrected chi connectivity index (χ1v) is 13.1. The lowest BCUT2D eigenvalue weighted by Gasteiger charge is -2.32. The Bertz CT molecular complexity index is 1160. The number of hydrogen-bond acceptors (Lipinski definition) is 5. The van der Waals surface area contributed by atoms with Gasteiger partial charge in [-0.2, -0.15) is 0 Å². The molecule has 0 bridgehead atoms. The van der Waals surface area contributed by atoms with Crippen molar-refractivity contribution in [3.63, 3.8) is 0 Å². The van der Waals surface area contributed by atoms with Crippen molar-refractivity contribution >= 4 is 11.8 Å². The van der Waals surface area contributed by atoms with E-state index in [1.807, 2.05) is 60.7 Å². The van der Waals surface area contributed by atoms with Gasteiger partial charge >= 0.3 is 0 Å². The minimum Gasteiger partial charge on any atom is -0.496 e. The van der Waals surface area contributed by atoms with Crippen molar-refractivity contribution in [3.8, 4) is 17.2 Å². The lowest BCUT2D eigenvalue weighted by atomic mass is 10.0. The van der Waals surface area contributed by atoms with Gasteiger partial charge in [0.1, 0.15) is 23.3 Å². The Morgan fingerprint density at radius 2 is 1.39 bits per heavy atom. The molecule has 0 heterocycles. The Morgan fingerprint density at radius 3 is 1.97 bits per heavy atom. The molecule has 1 N–H and O–H groups in total. The number of nitrogens with zero attached hydrogens (tertiary/aromatic N) is 1. The van der Waals surface area contributed by atoms with Gasteiger partial charge in [0.25, 0.3) is 5.91 Å². The van der Waals surface area contributed by atoms with E-state index in [0.717, 1.165) is 36.8 Å². The summed E-state index contributed by atoms with van der Waals surface area (Å²) in [6.07, 6.45) is 4.57. The Kier molecular flexibility index (Phi) is 9.62. The van der Waals surface area contributed by atoms with Crippen LogP contribution >= 0.6 is 0 Å². The van der Waals surface area contributed by atoms with Gasteiger partial charge in [-0.05, 0) is 24.0 Å². The molecule has 4 rings (SSSR count). The maximum Gasteiger partial charge on any atom is 0.261 e. The second-order valence-corrected chi connectivity index (χ2v) is 9.54. The Balaban J connectivity index is 1.60. The molecule has 1 unspecified atom stereocenters. The highest BCUT2D eigenvalue weighted by Gasteiger charge is 2.32. The van der Waals surface area contributed by atoms with Crippen molar-refractivity contribution in [1.82, 2.24) is 10.2 Å². The number of rotatable bonds is 12. The monoisotopic (exact) mass is 516 g/mol. The molecule has 7 nitrogen and oxygen atoms in total. The summed E-state index contributed by atoms with van der Waals surface area (Å²) < 4.78 is 16.5. The third kappa shape index (κ3) is 7.51. The predicted octanol–water partition coefficient (Wildman–Crippen LogP) is 4.78. The molecule has 1 aliphatic rings. The largest absolute Gasteiger partial charge is 0.496 e. The number of carbonyl (C=O) groups excluding carboxylic acids is 2. The van der Waals surface area contributed by atoms with Gasteiger partial charge < -0.3 is 24.4 Å². The van der Waals surface area contributed by atoms with Crippen molar-refractivity contribution in [2.45, 2.75) is 50.7 Å². The Morgan fingerprint density at radius 1 is 0.842 bits per heavy atom. The van der Waals surface area contributed by atoms with Crippen molar-refractivity contribution in [2.75, 3.05) is 20.8 Å². The van der Waals surface area contributed by atoms with Crippen LogP contribution in [0.3, 0.4) is 0 Å². The van der Waals surface area contributed by atoms with Gasteiger partial charge in [-0.3, -0.25) is 9.59 Å². The van der Waals surface area contributed by atoms with E-state index >= 15 is 0 Å². The molecular weight excluding hydrogens is 480 g/mol. The average molecular weight is 517 g/mol. The summed E-state index contributed by atoms with van der Waals surface area (Å²) in [6.45, 7) is 0.0607. The molecular formula is C31H36N2O5. The summed E-state index contributed by atoms with van der Waals surface area (Å²) in [6, 6.07) is 24.1. The fourth-order valence-electron chi connectivity index (χ4n) is 4.79. The molecule has 1 atom stereocenters. The van der Waals surface area contributed by atoms with Crippen LogP contribution < -0.4 is 19.5 Å². The summed E-state index contributed by atoms with van der Waals surface area (Å²) >= 11 is 0. The minimum atomic E-state index is -0.686. The van der Waals surface area contributed by atoms with Crippen LogP contribution in [-0.4, -0.2) is 49.6 Å². The van der Waals surface area contributed by atoms with E-state index in [1.165, 1.54) is 0 Å². The van der Waals surface area contributed by atoms with E-state index < -0.39 is 6.04 Å². The standard InChI is InChI=1S/C31H36N2O5/c1-36-26-18-27(37-2)20-28(19-26)38-22-30(34)33(21-24-13-7-4-8-14-24)29(17-23-11-5-3-6-12-23)31(35)32-25-15-9-10-16-25/h3-8,11-14,18-20,25,29H,9-10,15-17,21-22H2,1-2H3,(H,32,35). The van der Waals surface area contributed by atoms with Gasteiger partial charge in [-0.15, -0.1) is 0 Å². The van der Waals surface area contributed by atoms with Crippen LogP contribution in [0.5, 0.6) is 17.2 Å². The number of ether oxygens (including phenoxy) is 3. The highest BCUT2D eigenvalue weighted by Crippen LogP contribution is 2.27. The number of methoxy groups -OCH3 is 2. The third-order valence-electron chi connectivity index (χ3n) is 6.86. The summed E-state index contributed by atoms with van der Waals surface area (Å²) in [5.41, 5.74) is 1.93. The number of benzene rings is 3. The lowest BCUT2D eigenvalue weighted by Crippen LogP contribution is -2.53. The van der Waals surface area contributed by atoms with E-state index in [0.29, 0.717) is 30.2 Å². The molecule has 0 aromatic heterocycles. The van der Waals surface area contributed by atoms with E-state index in [2.05, 4.69) is 5.32 Å². The molecule has 0 aliphatic heterocycles. The maximum absolute atomic E-state index is 13.8.